The quantitative estimate of drug-likeness (QED) is 0.885. The summed E-state index contributed by atoms with van der Waals surface area (Å²) >= 11 is 0. The van der Waals surface area contributed by atoms with Gasteiger partial charge in [-0.25, -0.2) is 0 Å². The van der Waals surface area contributed by atoms with Gasteiger partial charge in [-0.2, -0.15) is 0 Å². The van der Waals surface area contributed by atoms with Crippen molar-refractivity contribution in [1.82, 2.24) is 0 Å². The average molecular weight is 269 g/mol. The molecular formula is C14H21ClN2O. The molecule has 1 fully saturated rings. The molecule has 1 aromatic rings. The van der Waals surface area contributed by atoms with Gasteiger partial charge in [-0.15, -0.1) is 12.4 Å². The molecule has 3 nitrogen and oxygen atoms in total. The van der Waals surface area contributed by atoms with Crippen molar-refractivity contribution in [3.05, 3.63) is 29.8 Å². The fourth-order valence-electron chi connectivity index (χ4n) is 2.02. The summed E-state index contributed by atoms with van der Waals surface area (Å²) < 4.78 is 0. The van der Waals surface area contributed by atoms with Crippen LogP contribution in [0.4, 0.5) is 5.69 Å². The van der Waals surface area contributed by atoms with Crippen LogP contribution in [0.15, 0.2) is 24.3 Å². The number of benzene rings is 1. The third-order valence-corrected chi connectivity index (χ3v) is 3.51. The largest absolute Gasteiger partial charge is 0.324 e. The minimum absolute atomic E-state index is 0. The Morgan fingerprint density at radius 3 is 2.56 bits per heavy atom. The molecule has 1 amide bonds. The molecule has 1 aromatic carbocycles. The van der Waals surface area contributed by atoms with Crippen LogP contribution in [-0.4, -0.2) is 11.4 Å². The fraction of sp³-hybridized carbons (Fsp3) is 0.500. The first-order chi connectivity index (χ1) is 8.01. The van der Waals surface area contributed by atoms with Crippen LogP contribution in [0.3, 0.4) is 0 Å². The van der Waals surface area contributed by atoms with Gasteiger partial charge in [0.25, 0.3) is 0 Å². The van der Waals surface area contributed by atoms with E-state index in [1.54, 1.807) is 0 Å². The van der Waals surface area contributed by atoms with Gasteiger partial charge in [0, 0.05) is 5.69 Å². The molecule has 0 aromatic heterocycles. The zero-order valence-corrected chi connectivity index (χ0v) is 11.7. The third-order valence-electron chi connectivity index (χ3n) is 3.51. The van der Waals surface area contributed by atoms with E-state index in [-0.39, 0.29) is 18.3 Å². The number of halogens is 1. The van der Waals surface area contributed by atoms with E-state index in [0.717, 1.165) is 24.9 Å². The van der Waals surface area contributed by atoms with Crippen molar-refractivity contribution >= 4 is 24.0 Å². The lowest BCUT2D eigenvalue weighted by atomic mass is 9.77. The van der Waals surface area contributed by atoms with E-state index in [2.05, 4.69) is 25.2 Å². The molecule has 0 atom stereocenters. The number of carbonyl (C=O) groups is 1. The monoisotopic (exact) mass is 268 g/mol. The van der Waals surface area contributed by atoms with Gasteiger partial charge in [0.05, 0.1) is 5.54 Å². The van der Waals surface area contributed by atoms with Crippen molar-refractivity contribution < 1.29 is 4.79 Å². The van der Waals surface area contributed by atoms with Crippen LogP contribution in [-0.2, 0) is 4.79 Å². The first-order valence-corrected chi connectivity index (χ1v) is 6.21. The van der Waals surface area contributed by atoms with Gasteiger partial charge in [-0.05, 0) is 42.9 Å². The van der Waals surface area contributed by atoms with Gasteiger partial charge >= 0.3 is 0 Å². The highest BCUT2D eigenvalue weighted by molar-refractivity contribution is 5.98. The number of anilines is 1. The summed E-state index contributed by atoms with van der Waals surface area (Å²) in [7, 11) is 0. The molecule has 0 saturated heterocycles. The normalized spacial score (nSPS) is 16.7. The summed E-state index contributed by atoms with van der Waals surface area (Å²) in [6.07, 6.45) is 2.64. The summed E-state index contributed by atoms with van der Waals surface area (Å²) in [5, 5.41) is 2.92. The number of carbonyl (C=O) groups excluding carboxylic acids is 1. The molecule has 1 saturated carbocycles. The second kappa shape index (κ2) is 5.72. The molecule has 18 heavy (non-hydrogen) atoms. The first kappa shape index (κ1) is 15.0. The number of hydrogen-bond donors (Lipinski definition) is 2. The van der Waals surface area contributed by atoms with Gasteiger partial charge in [-0.3, -0.25) is 4.79 Å². The van der Waals surface area contributed by atoms with Crippen LogP contribution in [0, 0.1) is 0 Å². The molecule has 0 aliphatic heterocycles. The number of hydrogen-bond acceptors (Lipinski definition) is 2. The highest BCUT2D eigenvalue weighted by atomic mass is 35.5. The predicted octanol–water partition coefficient (Wildman–Crippen LogP) is 3.05. The van der Waals surface area contributed by atoms with Crippen LogP contribution in [0.5, 0.6) is 0 Å². The zero-order chi connectivity index (χ0) is 12.5. The molecule has 2 rings (SSSR count). The Morgan fingerprint density at radius 1 is 1.39 bits per heavy atom. The molecule has 0 spiro atoms. The van der Waals surface area contributed by atoms with E-state index >= 15 is 0 Å². The van der Waals surface area contributed by atoms with Crippen LogP contribution in [0.1, 0.15) is 44.6 Å². The van der Waals surface area contributed by atoms with Gasteiger partial charge in [0.15, 0.2) is 0 Å². The molecular weight excluding hydrogens is 248 g/mol. The highest BCUT2D eigenvalue weighted by Gasteiger charge is 2.40. The highest BCUT2D eigenvalue weighted by Crippen LogP contribution is 2.30. The molecule has 4 heteroatoms. The minimum atomic E-state index is -0.631. The van der Waals surface area contributed by atoms with Crippen molar-refractivity contribution in [2.45, 2.75) is 44.6 Å². The van der Waals surface area contributed by atoms with Crippen molar-refractivity contribution in [3.8, 4) is 0 Å². The van der Waals surface area contributed by atoms with Crippen LogP contribution >= 0.6 is 12.4 Å². The number of nitrogens with two attached hydrogens (primary N) is 1. The van der Waals surface area contributed by atoms with Crippen molar-refractivity contribution in [1.29, 1.82) is 0 Å². The summed E-state index contributed by atoms with van der Waals surface area (Å²) in [5.74, 6) is 0.409. The minimum Gasteiger partial charge on any atom is -0.324 e. The van der Waals surface area contributed by atoms with Crippen molar-refractivity contribution in [2.24, 2.45) is 5.73 Å². The van der Waals surface area contributed by atoms with Gasteiger partial charge in [0.1, 0.15) is 0 Å². The van der Waals surface area contributed by atoms with Gasteiger partial charge in [0.2, 0.25) is 5.91 Å². The second-order valence-corrected chi connectivity index (χ2v) is 5.24. The SMILES string of the molecule is CC(C)c1cccc(NC(=O)C2(N)CCC2)c1.Cl. The Kier molecular flexibility index (Phi) is 4.77. The third kappa shape index (κ3) is 3.03. The molecule has 100 valence electrons. The second-order valence-electron chi connectivity index (χ2n) is 5.24. The van der Waals surface area contributed by atoms with Crippen LogP contribution in [0.25, 0.3) is 0 Å². The smallest absolute Gasteiger partial charge is 0.244 e. The molecule has 0 radical (unpaired) electrons. The molecule has 1 aliphatic rings. The Morgan fingerprint density at radius 2 is 2.06 bits per heavy atom. The average Bonchev–Trinajstić information content (AvgIpc) is 2.26. The fourth-order valence-corrected chi connectivity index (χ4v) is 2.02. The molecule has 0 unspecified atom stereocenters. The van der Waals surface area contributed by atoms with Crippen molar-refractivity contribution in [2.75, 3.05) is 5.32 Å². The summed E-state index contributed by atoms with van der Waals surface area (Å²) in [6, 6.07) is 7.97. The molecule has 0 bridgehead atoms. The Labute approximate surface area is 115 Å². The van der Waals surface area contributed by atoms with E-state index in [0.29, 0.717) is 5.92 Å². The summed E-state index contributed by atoms with van der Waals surface area (Å²) in [6.45, 7) is 4.27. The summed E-state index contributed by atoms with van der Waals surface area (Å²) in [4.78, 5) is 12.0. The lowest BCUT2D eigenvalue weighted by molar-refractivity contribution is -0.123. The topological polar surface area (TPSA) is 55.1 Å². The number of amides is 1. The molecule has 3 N–H and O–H groups in total. The molecule has 0 heterocycles. The Balaban J connectivity index is 0.00000162. The first-order valence-electron chi connectivity index (χ1n) is 6.21. The van der Waals surface area contributed by atoms with Gasteiger partial charge in [-0.1, -0.05) is 26.0 Å². The lowest BCUT2D eigenvalue weighted by Crippen LogP contribution is -2.56. The Bertz CT molecular complexity index is 428. The van der Waals surface area contributed by atoms with Gasteiger partial charge < -0.3 is 11.1 Å². The van der Waals surface area contributed by atoms with Crippen LogP contribution in [0.2, 0.25) is 0 Å². The lowest BCUT2D eigenvalue weighted by Gasteiger charge is -2.36. The zero-order valence-electron chi connectivity index (χ0n) is 10.9. The number of nitrogens with one attached hydrogen (secondary N) is 1. The van der Waals surface area contributed by atoms with Crippen molar-refractivity contribution in [3.63, 3.8) is 0 Å². The van der Waals surface area contributed by atoms with E-state index in [1.165, 1.54) is 5.56 Å². The molecule has 1 aliphatic carbocycles. The standard InChI is InChI=1S/C14H20N2O.ClH/c1-10(2)11-5-3-6-12(9-11)16-13(17)14(15)7-4-8-14;/h3,5-6,9-10H,4,7-8,15H2,1-2H3,(H,16,17);1H. The predicted molar refractivity (Wildman–Crippen MR) is 77.2 cm³/mol. The summed E-state index contributed by atoms with van der Waals surface area (Å²) in [5.41, 5.74) is 7.42. The Hall–Kier alpha value is -1.06. The number of rotatable bonds is 3. The van der Waals surface area contributed by atoms with E-state index < -0.39 is 5.54 Å². The maximum Gasteiger partial charge on any atom is 0.244 e. The van der Waals surface area contributed by atoms with E-state index in [9.17, 15) is 4.79 Å². The van der Waals surface area contributed by atoms with E-state index in [1.807, 2.05) is 18.2 Å². The maximum absolute atomic E-state index is 12.0. The van der Waals surface area contributed by atoms with E-state index in [4.69, 9.17) is 5.73 Å². The maximum atomic E-state index is 12.0. The van der Waals surface area contributed by atoms with Crippen LogP contribution < -0.4 is 11.1 Å².